The summed E-state index contributed by atoms with van der Waals surface area (Å²) in [4.78, 5) is 24.4. The Kier molecular flexibility index (Phi) is 13.8. The Morgan fingerprint density at radius 2 is 0.886 bits per heavy atom. The smallest absolute Gasteiger partial charge is 0.257 e. The molecule has 0 saturated heterocycles. The minimum atomic E-state index is -0.125. The van der Waals surface area contributed by atoms with Gasteiger partial charge in [-0.3, -0.25) is 9.59 Å². The third kappa shape index (κ3) is 11.1. The number of carbonyl (C=O) groups is 2. The molecule has 0 saturated carbocycles. The van der Waals surface area contributed by atoms with Gasteiger partial charge in [-0.25, -0.2) is 0 Å². The first-order valence-electron chi connectivity index (χ1n) is 15.0. The van der Waals surface area contributed by atoms with Crippen LogP contribution in [0.15, 0.2) is 106 Å². The molecular formula is C36H38Br2N2O4. The molecule has 0 fully saturated rings. The van der Waals surface area contributed by atoms with Crippen molar-refractivity contribution in [3.05, 3.63) is 106 Å². The molecule has 4 aromatic carbocycles. The lowest BCUT2D eigenvalue weighted by atomic mass is 10.1. The van der Waals surface area contributed by atoms with E-state index in [2.05, 4.69) is 66.8 Å². The summed E-state index contributed by atoms with van der Waals surface area (Å²) in [6.07, 6.45) is 6.14. The Morgan fingerprint density at radius 3 is 1.27 bits per heavy atom. The van der Waals surface area contributed by atoms with Crippen LogP contribution in [-0.4, -0.2) is 38.1 Å². The molecule has 6 nitrogen and oxygen atoms in total. The lowest BCUT2D eigenvalue weighted by molar-refractivity contribution is -0.123. The van der Waals surface area contributed by atoms with E-state index in [9.17, 15) is 9.59 Å². The molecule has 44 heavy (non-hydrogen) atoms. The van der Waals surface area contributed by atoms with Gasteiger partial charge in [0.1, 0.15) is 11.5 Å². The van der Waals surface area contributed by atoms with Crippen LogP contribution >= 0.6 is 31.9 Å². The minimum absolute atomic E-state index is 0.0160. The molecule has 0 unspecified atom stereocenters. The molecule has 0 aliphatic carbocycles. The normalized spacial score (nSPS) is 10.7. The second-order valence-electron chi connectivity index (χ2n) is 10.4. The SMILES string of the molecule is O=C(COc1ccc(-c2ccccc2)cc1Br)NCCCCCCCCNC(=O)COc1ccc(-c2ccccc2)cc1Br. The first kappa shape index (κ1) is 33.3. The number of carbonyl (C=O) groups excluding carboxylic acids is 2. The summed E-state index contributed by atoms with van der Waals surface area (Å²) in [6.45, 7) is 1.24. The van der Waals surface area contributed by atoms with Crippen molar-refractivity contribution in [2.75, 3.05) is 26.3 Å². The van der Waals surface area contributed by atoms with E-state index in [1.807, 2.05) is 72.8 Å². The lowest BCUT2D eigenvalue weighted by Crippen LogP contribution is -2.29. The molecule has 0 atom stereocenters. The van der Waals surface area contributed by atoms with Gasteiger partial charge in [0.25, 0.3) is 11.8 Å². The van der Waals surface area contributed by atoms with Crippen LogP contribution < -0.4 is 20.1 Å². The van der Waals surface area contributed by atoms with Crippen LogP contribution in [0.1, 0.15) is 38.5 Å². The van der Waals surface area contributed by atoms with Gasteiger partial charge in [-0.15, -0.1) is 0 Å². The van der Waals surface area contributed by atoms with Gasteiger partial charge < -0.3 is 20.1 Å². The summed E-state index contributed by atoms with van der Waals surface area (Å²) in [5, 5.41) is 5.86. The number of hydrogen-bond acceptors (Lipinski definition) is 4. The summed E-state index contributed by atoms with van der Waals surface area (Å²) in [5.74, 6) is 1.04. The number of nitrogens with one attached hydrogen (secondary N) is 2. The zero-order chi connectivity index (χ0) is 31.0. The summed E-state index contributed by atoms with van der Waals surface area (Å²) in [7, 11) is 0. The standard InChI is InChI=1S/C36H38Br2N2O4/c37-31-23-29(27-13-7-5-8-14-27)17-19-33(31)43-25-35(41)39-21-11-3-1-2-4-12-22-40-36(42)26-44-34-20-18-30(24-32(34)38)28-15-9-6-10-16-28/h5-10,13-20,23-24H,1-4,11-12,21-22,25-26H2,(H,39,41)(H,40,42). The Bertz CT molecular complexity index is 1370. The molecule has 0 radical (unpaired) electrons. The molecule has 0 aromatic heterocycles. The van der Waals surface area contributed by atoms with Crippen molar-refractivity contribution >= 4 is 43.7 Å². The maximum absolute atomic E-state index is 12.2. The fourth-order valence-corrected chi connectivity index (χ4v) is 5.64. The van der Waals surface area contributed by atoms with Crippen molar-refractivity contribution in [1.82, 2.24) is 10.6 Å². The van der Waals surface area contributed by atoms with Gasteiger partial charge in [-0.1, -0.05) is 98.5 Å². The van der Waals surface area contributed by atoms with Crippen molar-refractivity contribution < 1.29 is 19.1 Å². The summed E-state index contributed by atoms with van der Waals surface area (Å²) in [6, 6.07) is 32.0. The average Bonchev–Trinajstić information content (AvgIpc) is 3.05. The number of unbranched alkanes of at least 4 members (excludes halogenated alkanes) is 5. The molecule has 0 spiro atoms. The van der Waals surface area contributed by atoms with E-state index in [1.54, 1.807) is 0 Å². The van der Waals surface area contributed by atoms with E-state index < -0.39 is 0 Å². The fourth-order valence-electron chi connectivity index (χ4n) is 4.66. The zero-order valence-corrected chi connectivity index (χ0v) is 27.9. The van der Waals surface area contributed by atoms with Crippen molar-refractivity contribution in [3.8, 4) is 33.8 Å². The lowest BCUT2D eigenvalue weighted by Gasteiger charge is -2.11. The van der Waals surface area contributed by atoms with E-state index in [-0.39, 0.29) is 25.0 Å². The van der Waals surface area contributed by atoms with Crippen molar-refractivity contribution in [2.45, 2.75) is 38.5 Å². The van der Waals surface area contributed by atoms with Gasteiger partial charge in [0.05, 0.1) is 8.95 Å². The fraction of sp³-hybridized carbons (Fsp3) is 0.278. The van der Waals surface area contributed by atoms with Gasteiger partial charge in [-0.05, 0) is 91.2 Å². The van der Waals surface area contributed by atoms with Gasteiger partial charge in [0, 0.05) is 13.1 Å². The Morgan fingerprint density at radius 1 is 0.500 bits per heavy atom. The van der Waals surface area contributed by atoms with E-state index >= 15 is 0 Å². The average molecular weight is 723 g/mol. The molecule has 8 heteroatoms. The maximum Gasteiger partial charge on any atom is 0.257 e. The number of hydrogen-bond donors (Lipinski definition) is 2. The highest BCUT2D eigenvalue weighted by molar-refractivity contribution is 9.11. The van der Waals surface area contributed by atoms with E-state index in [0.29, 0.717) is 24.6 Å². The van der Waals surface area contributed by atoms with Crippen LogP contribution in [0.4, 0.5) is 0 Å². The highest BCUT2D eigenvalue weighted by Crippen LogP contribution is 2.31. The third-order valence-corrected chi connectivity index (χ3v) is 8.28. The summed E-state index contributed by atoms with van der Waals surface area (Å²) < 4.78 is 13.0. The highest BCUT2D eigenvalue weighted by atomic mass is 79.9. The predicted octanol–water partition coefficient (Wildman–Crippen LogP) is 8.58. The molecule has 230 valence electrons. The number of halogens is 2. The van der Waals surface area contributed by atoms with Crippen LogP contribution in [0, 0.1) is 0 Å². The minimum Gasteiger partial charge on any atom is -0.483 e. The van der Waals surface area contributed by atoms with Gasteiger partial charge in [0.2, 0.25) is 0 Å². The highest BCUT2D eigenvalue weighted by Gasteiger charge is 2.09. The largest absolute Gasteiger partial charge is 0.483 e. The predicted molar refractivity (Wildman–Crippen MR) is 184 cm³/mol. The van der Waals surface area contributed by atoms with Gasteiger partial charge in [0.15, 0.2) is 13.2 Å². The molecule has 0 heterocycles. The van der Waals surface area contributed by atoms with E-state index in [1.165, 1.54) is 0 Å². The van der Waals surface area contributed by atoms with E-state index in [4.69, 9.17) is 9.47 Å². The van der Waals surface area contributed by atoms with E-state index in [0.717, 1.165) is 69.7 Å². The molecule has 2 N–H and O–H groups in total. The second-order valence-corrected chi connectivity index (χ2v) is 12.1. The van der Waals surface area contributed by atoms with Crippen LogP contribution in [-0.2, 0) is 9.59 Å². The first-order valence-corrected chi connectivity index (χ1v) is 16.6. The van der Waals surface area contributed by atoms with Gasteiger partial charge in [-0.2, -0.15) is 0 Å². The van der Waals surface area contributed by atoms with Gasteiger partial charge >= 0.3 is 0 Å². The van der Waals surface area contributed by atoms with Crippen molar-refractivity contribution in [2.24, 2.45) is 0 Å². The number of ether oxygens (including phenoxy) is 2. The van der Waals surface area contributed by atoms with Crippen LogP contribution in [0.2, 0.25) is 0 Å². The van der Waals surface area contributed by atoms with Crippen molar-refractivity contribution in [1.29, 1.82) is 0 Å². The maximum atomic E-state index is 12.2. The molecular weight excluding hydrogens is 684 g/mol. The second kappa shape index (κ2) is 18.2. The molecule has 2 amide bonds. The first-order chi connectivity index (χ1) is 21.5. The number of rotatable bonds is 17. The third-order valence-electron chi connectivity index (χ3n) is 7.04. The number of amides is 2. The molecule has 4 rings (SSSR count). The summed E-state index contributed by atoms with van der Waals surface area (Å²) in [5.41, 5.74) is 4.42. The van der Waals surface area contributed by atoms with Crippen LogP contribution in [0.5, 0.6) is 11.5 Å². The van der Waals surface area contributed by atoms with Crippen LogP contribution in [0.3, 0.4) is 0 Å². The Hall–Kier alpha value is -3.62. The molecule has 0 aliphatic heterocycles. The number of benzene rings is 4. The Balaban J connectivity index is 0.986. The molecule has 4 aromatic rings. The Labute approximate surface area is 276 Å². The quantitative estimate of drug-likeness (QED) is 0.107. The molecule has 0 aliphatic rings. The van der Waals surface area contributed by atoms with Crippen LogP contribution in [0.25, 0.3) is 22.3 Å². The monoisotopic (exact) mass is 720 g/mol. The zero-order valence-electron chi connectivity index (χ0n) is 24.7. The summed E-state index contributed by atoms with van der Waals surface area (Å²) >= 11 is 7.09. The van der Waals surface area contributed by atoms with Crippen molar-refractivity contribution in [3.63, 3.8) is 0 Å². The molecule has 0 bridgehead atoms. The topological polar surface area (TPSA) is 76.7 Å².